The van der Waals surface area contributed by atoms with Gasteiger partial charge in [-0.05, 0) is 58.3 Å². The Hall–Kier alpha value is -0.770. The molecule has 0 aliphatic carbocycles. The van der Waals surface area contributed by atoms with Crippen LogP contribution in [0, 0.1) is 0 Å². The number of unbranched alkanes of at least 4 members (excludes halogenated alkanes) is 12. The van der Waals surface area contributed by atoms with Crippen LogP contribution in [0.25, 0.3) is 0 Å². The van der Waals surface area contributed by atoms with Gasteiger partial charge in [0.2, 0.25) is 0 Å². The van der Waals surface area contributed by atoms with Crippen molar-refractivity contribution in [3.05, 3.63) is 0 Å². The Bertz CT molecular complexity index is 307. The summed E-state index contributed by atoms with van der Waals surface area (Å²) in [6.07, 6.45) is 21.4. The van der Waals surface area contributed by atoms with Crippen LogP contribution in [0.1, 0.15) is 137 Å². The van der Waals surface area contributed by atoms with Crippen LogP contribution >= 0.6 is 0 Å². The van der Waals surface area contributed by atoms with Gasteiger partial charge in [-0.25, -0.2) is 0 Å². The van der Waals surface area contributed by atoms with E-state index in [9.17, 15) is 9.90 Å². The lowest BCUT2D eigenvalue weighted by Gasteiger charge is -2.39. The van der Waals surface area contributed by atoms with Gasteiger partial charge in [0.05, 0.1) is 26.2 Å². The monoisotopic (exact) mass is 443 g/mol. The van der Waals surface area contributed by atoms with E-state index in [2.05, 4.69) is 32.4 Å². The summed E-state index contributed by atoms with van der Waals surface area (Å²) in [4.78, 5) is 9.27. The number of rotatable bonds is 21. The number of hydrogen-bond donors (Lipinski definition) is 0. The van der Waals surface area contributed by atoms with Crippen LogP contribution in [-0.2, 0) is 4.74 Å². The van der Waals surface area contributed by atoms with Crippen molar-refractivity contribution in [2.24, 2.45) is 0 Å². The molecule has 4 heteroatoms. The summed E-state index contributed by atoms with van der Waals surface area (Å²) in [5.41, 5.74) is 0. The van der Waals surface area contributed by atoms with Crippen LogP contribution in [0.4, 0.5) is 4.79 Å². The Morgan fingerprint density at radius 3 is 1.00 bits per heavy atom. The molecular formula is C27H57NO3. The van der Waals surface area contributed by atoms with E-state index in [0.717, 1.165) is 0 Å². The molecule has 0 saturated carbocycles. The van der Waals surface area contributed by atoms with E-state index in [1.54, 1.807) is 6.92 Å². The minimum atomic E-state index is -1.46. The highest BCUT2D eigenvalue weighted by Crippen LogP contribution is 2.19. The zero-order valence-corrected chi connectivity index (χ0v) is 22.0. The number of carbonyl (C=O) groups is 1. The molecule has 188 valence electrons. The third-order valence-electron chi connectivity index (χ3n) is 6.21. The lowest BCUT2D eigenvalue weighted by atomic mass is 10.1. The maximum Gasteiger partial charge on any atom is 0.251 e. The topological polar surface area (TPSA) is 49.4 Å². The van der Waals surface area contributed by atoms with Gasteiger partial charge in [0.15, 0.2) is 0 Å². The average Bonchev–Trinajstić information content (AvgIpc) is 2.75. The second-order valence-electron chi connectivity index (χ2n) is 9.16. The van der Waals surface area contributed by atoms with Crippen molar-refractivity contribution in [1.29, 1.82) is 0 Å². The molecule has 0 saturated heterocycles. The highest BCUT2D eigenvalue weighted by Gasteiger charge is 2.25. The SMILES string of the molecule is CCCCCC[N+](CCCCCC)(CCCCCC)CCCCCC.CCOC(=O)[O-]. The Morgan fingerprint density at radius 1 is 0.548 bits per heavy atom. The largest absolute Gasteiger partial charge is 0.550 e. The predicted molar refractivity (Wildman–Crippen MR) is 133 cm³/mol. The molecule has 0 aromatic heterocycles. The van der Waals surface area contributed by atoms with E-state index >= 15 is 0 Å². The molecule has 0 unspecified atom stereocenters. The van der Waals surface area contributed by atoms with Crippen molar-refractivity contribution >= 4 is 6.16 Å². The van der Waals surface area contributed by atoms with Crippen molar-refractivity contribution < 1.29 is 19.1 Å². The van der Waals surface area contributed by atoms with Gasteiger partial charge in [-0.1, -0.05) is 79.1 Å². The summed E-state index contributed by atoms with van der Waals surface area (Å²) >= 11 is 0. The molecule has 0 radical (unpaired) electrons. The summed E-state index contributed by atoms with van der Waals surface area (Å²) in [7, 11) is 0. The zero-order valence-electron chi connectivity index (χ0n) is 22.0. The first-order chi connectivity index (χ1) is 15.0. The molecule has 31 heavy (non-hydrogen) atoms. The van der Waals surface area contributed by atoms with Gasteiger partial charge in [0.25, 0.3) is 6.16 Å². The molecule has 0 aliphatic heterocycles. The van der Waals surface area contributed by atoms with Crippen LogP contribution in [0.5, 0.6) is 0 Å². The molecule has 0 aliphatic rings. The predicted octanol–water partition coefficient (Wildman–Crippen LogP) is 7.49. The highest BCUT2D eigenvalue weighted by molar-refractivity contribution is 5.53. The maximum atomic E-state index is 9.27. The van der Waals surface area contributed by atoms with Crippen molar-refractivity contribution in [2.45, 2.75) is 137 Å². The highest BCUT2D eigenvalue weighted by atomic mass is 16.7. The molecule has 0 atom stereocenters. The van der Waals surface area contributed by atoms with E-state index < -0.39 is 6.16 Å². The summed E-state index contributed by atoms with van der Waals surface area (Å²) in [5.74, 6) is 0. The number of carbonyl (C=O) groups excluding carboxylic acids is 1. The van der Waals surface area contributed by atoms with Crippen LogP contribution in [0.3, 0.4) is 0 Å². The van der Waals surface area contributed by atoms with E-state index in [4.69, 9.17) is 0 Å². The van der Waals surface area contributed by atoms with Crippen molar-refractivity contribution in [3.8, 4) is 0 Å². The van der Waals surface area contributed by atoms with Gasteiger partial charge in [-0.15, -0.1) is 0 Å². The molecule has 0 fully saturated rings. The van der Waals surface area contributed by atoms with Gasteiger partial charge in [0.1, 0.15) is 0 Å². The number of nitrogens with zero attached hydrogens (tertiary/aromatic N) is 1. The molecule has 0 heterocycles. The first kappa shape index (κ1) is 32.4. The fraction of sp³-hybridized carbons (Fsp3) is 0.963. The van der Waals surface area contributed by atoms with E-state index in [0.29, 0.717) is 0 Å². The standard InChI is InChI=1S/C24H52N.C3H6O3/c1-5-9-13-17-21-25(22-18-14-10-6-2,23-19-15-11-7-3)24-20-16-12-8-4;1-2-6-3(4)5/h5-24H2,1-4H3;2H2,1H3,(H,4,5)/q+1;/p-1. The minimum absolute atomic E-state index is 0.169. The van der Waals surface area contributed by atoms with Gasteiger partial charge >= 0.3 is 0 Å². The number of carboxylic acid groups (broad SMARTS) is 1. The number of ether oxygens (including phenoxy) is 1. The van der Waals surface area contributed by atoms with E-state index in [1.165, 1.54) is 133 Å². The lowest BCUT2D eigenvalue weighted by molar-refractivity contribution is -0.929. The molecule has 0 rings (SSSR count). The van der Waals surface area contributed by atoms with Gasteiger partial charge < -0.3 is 19.1 Å². The number of quaternary nitrogens is 1. The second-order valence-corrected chi connectivity index (χ2v) is 9.16. The second kappa shape index (κ2) is 25.5. The Labute approximate surface area is 195 Å². The molecule has 0 amide bonds. The van der Waals surface area contributed by atoms with Crippen LogP contribution in [-0.4, -0.2) is 43.4 Å². The molecule has 0 bridgehead atoms. The Balaban J connectivity index is 0. The van der Waals surface area contributed by atoms with Crippen molar-refractivity contribution in [2.75, 3.05) is 32.8 Å². The van der Waals surface area contributed by atoms with Crippen LogP contribution < -0.4 is 5.11 Å². The third kappa shape index (κ3) is 23.7. The third-order valence-corrected chi connectivity index (χ3v) is 6.21. The average molecular weight is 444 g/mol. The molecular weight excluding hydrogens is 386 g/mol. The van der Waals surface area contributed by atoms with Crippen LogP contribution in [0.2, 0.25) is 0 Å². The minimum Gasteiger partial charge on any atom is -0.550 e. The van der Waals surface area contributed by atoms with Gasteiger partial charge in [-0.2, -0.15) is 0 Å². The Morgan fingerprint density at radius 2 is 0.839 bits per heavy atom. The summed E-state index contributed by atoms with van der Waals surface area (Å²) in [6, 6.07) is 0. The number of hydrogen-bond acceptors (Lipinski definition) is 3. The molecule has 0 N–H and O–H groups in total. The maximum absolute atomic E-state index is 9.27. The zero-order chi connectivity index (χ0) is 23.6. The molecule has 0 spiro atoms. The van der Waals surface area contributed by atoms with E-state index in [1.807, 2.05) is 0 Å². The first-order valence-electron chi connectivity index (χ1n) is 13.7. The summed E-state index contributed by atoms with van der Waals surface area (Å²) in [6.45, 7) is 16.9. The molecule has 0 aromatic carbocycles. The van der Waals surface area contributed by atoms with Crippen molar-refractivity contribution in [1.82, 2.24) is 0 Å². The quantitative estimate of drug-likeness (QED) is 0.105. The van der Waals surface area contributed by atoms with Gasteiger partial charge in [-0.3, -0.25) is 0 Å². The fourth-order valence-electron chi connectivity index (χ4n) is 4.28. The fourth-order valence-corrected chi connectivity index (χ4v) is 4.28. The normalized spacial score (nSPS) is 11.1. The molecule has 0 aromatic rings. The summed E-state index contributed by atoms with van der Waals surface area (Å²) < 4.78 is 5.31. The Kier molecular flexibility index (Phi) is 26.6. The molecule has 4 nitrogen and oxygen atoms in total. The van der Waals surface area contributed by atoms with Crippen LogP contribution in [0.15, 0.2) is 0 Å². The smallest absolute Gasteiger partial charge is 0.251 e. The van der Waals surface area contributed by atoms with Crippen molar-refractivity contribution in [3.63, 3.8) is 0 Å². The van der Waals surface area contributed by atoms with Gasteiger partial charge in [0, 0.05) is 6.61 Å². The first-order valence-corrected chi connectivity index (χ1v) is 13.7. The summed E-state index contributed by atoms with van der Waals surface area (Å²) in [5, 5.41) is 9.27. The lowest BCUT2D eigenvalue weighted by Crippen LogP contribution is -2.50. The van der Waals surface area contributed by atoms with E-state index in [-0.39, 0.29) is 6.61 Å².